The molecule has 0 radical (unpaired) electrons. The van der Waals surface area contributed by atoms with Crippen molar-refractivity contribution < 1.29 is 9.13 Å². The first-order valence-corrected chi connectivity index (χ1v) is 19.3. The van der Waals surface area contributed by atoms with Gasteiger partial charge in [-0.2, -0.15) is 0 Å². The van der Waals surface area contributed by atoms with Gasteiger partial charge in [0, 0.05) is 62.5 Å². The molecule has 0 fully saturated rings. The van der Waals surface area contributed by atoms with E-state index in [0.717, 1.165) is 55.8 Å². The number of nitrogens with zero attached hydrogens (tertiary/aromatic N) is 6. The van der Waals surface area contributed by atoms with Crippen molar-refractivity contribution in [3.8, 4) is 22.3 Å². The first-order valence-electron chi connectivity index (χ1n) is 17.8. The van der Waals surface area contributed by atoms with Gasteiger partial charge in [0.25, 0.3) is 0 Å². The van der Waals surface area contributed by atoms with Crippen LogP contribution >= 0.6 is 0 Å². The van der Waals surface area contributed by atoms with Crippen LogP contribution < -0.4 is 18.9 Å². The third-order valence-electron chi connectivity index (χ3n) is 10.2. The summed E-state index contributed by atoms with van der Waals surface area (Å²) in [4.78, 5) is 4.27. The van der Waals surface area contributed by atoms with Gasteiger partial charge in [0.15, 0.2) is 0 Å². The van der Waals surface area contributed by atoms with Crippen LogP contribution in [-0.2, 0) is 14.1 Å². The number of rotatable bonds is 8. The SMILES string of the molecule is CN(C)c1ccc2c(ccc(/C=C/c3ccc(-c4ccc(-c5ccc(/C=C/c6ccc7cc(N(C)C)ccc7[n+]6C)cc5)c5n[se]nc45)cc3)[n+]2C)c1. The maximum absolute atomic E-state index is 4.89. The molecule has 3 heterocycles. The van der Waals surface area contributed by atoms with E-state index in [-0.39, 0.29) is 15.0 Å². The van der Waals surface area contributed by atoms with Crippen LogP contribution in [0.3, 0.4) is 0 Å². The van der Waals surface area contributed by atoms with Crippen molar-refractivity contribution in [3.63, 3.8) is 0 Å². The molecule has 0 aliphatic rings. The van der Waals surface area contributed by atoms with E-state index < -0.39 is 0 Å². The van der Waals surface area contributed by atoms with E-state index in [0.29, 0.717) is 0 Å². The molecular formula is C46H42N6Se+2. The zero-order chi connectivity index (χ0) is 36.6. The van der Waals surface area contributed by atoms with Gasteiger partial charge in [0.1, 0.15) is 0 Å². The minimum Gasteiger partial charge on any atom is -0.0248 e. The number of hydrogen-bond acceptors (Lipinski definition) is 4. The Morgan fingerprint density at radius 3 is 1.28 bits per heavy atom. The molecule has 0 saturated heterocycles. The van der Waals surface area contributed by atoms with Gasteiger partial charge in [-0.3, -0.25) is 0 Å². The molecule has 260 valence electrons. The fraction of sp³-hybridized carbons (Fsp3) is 0.130. The molecule has 0 saturated carbocycles. The van der Waals surface area contributed by atoms with Gasteiger partial charge in [-0.25, -0.2) is 0 Å². The van der Waals surface area contributed by atoms with Gasteiger partial charge >= 0.3 is 222 Å². The molecule has 0 spiro atoms. The number of aromatic nitrogens is 4. The summed E-state index contributed by atoms with van der Waals surface area (Å²) in [5.41, 5.74) is 16.0. The van der Waals surface area contributed by atoms with Gasteiger partial charge in [-0.15, -0.1) is 0 Å². The average molecular weight is 758 g/mol. The molecule has 3 aromatic heterocycles. The van der Waals surface area contributed by atoms with Gasteiger partial charge < -0.3 is 9.80 Å². The Labute approximate surface area is 317 Å². The van der Waals surface area contributed by atoms with Crippen molar-refractivity contribution in [2.24, 2.45) is 14.1 Å². The second-order valence-electron chi connectivity index (χ2n) is 13.9. The Balaban J connectivity index is 0.994. The summed E-state index contributed by atoms with van der Waals surface area (Å²) in [6.45, 7) is 0. The van der Waals surface area contributed by atoms with Crippen LogP contribution in [0, 0.1) is 0 Å². The maximum atomic E-state index is 4.89. The van der Waals surface area contributed by atoms with E-state index in [9.17, 15) is 0 Å². The summed E-state index contributed by atoms with van der Waals surface area (Å²) in [7, 11) is 12.5. The quantitative estimate of drug-likeness (QED) is 0.115. The number of anilines is 2. The van der Waals surface area contributed by atoms with Crippen LogP contribution in [0.4, 0.5) is 11.4 Å². The normalized spacial score (nSPS) is 11.8. The zero-order valence-electron chi connectivity index (χ0n) is 30.9. The van der Waals surface area contributed by atoms with Crippen molar-refractivity contribution in [1.29, 1.82) is 0 Å². The molecule has 53 heavy (non-hydrogen) atoms. The van der Waals surface area contributed by atoms with Gasteiger partial charge in [0.05, 0.1) is 0 Å². The summed E-state index contributed by atoms with van der Waals surface area (Å²) in [6.07, 6.45) is 8.72. The van der Waals surface area contributed by atoms with Crippen LogP contribution in [0.5, 0.6) is 0 Å². The molecule has 0 aliphatic carbocycles. The minimum atomic E-state index is -0.147. The summed E-state index contributed by atoms with van der Waals surface area (Å²) in [6, 6.07) is 43.8. The molecule has 0 unspecified atom stereocenters. The van der Waals surface area contributed by atoms with Crippen LogP contribution in [0.25, 0.3) is 79.4 Å². The minimum absolute atomic E-state index is 0.147. The molecular weight excluding hydrogens is 716 g/mol. The first-order chi connectivity index (χ1) is 25.7. The predicted octanol–water partition coefficient (Wildman–Crippen LogP) is 8.45. The Hall–Kier alpha value is -5.88. The van der Waals surface area contributed by atoms with Gasteiger partial charge in [0.2, 0.25) is 0 Å². The molecule has 5 aromatic carbocycles. The average Bonchev–Trinajstić information content (AvgIpc) is 3.68. The monoisotopic (exact) mass is 758 g/mol. The Morgan fingerprint density at radius 1 is 0.472 bits per heavy atom. The fourth-order valence-electron chi connectivity index (χ4n) is 6.95. The van der Waals surface area contributed by atoms with Crippen LogP contribution in [0.1, 0.15) is 22.5 Å². The van der Waals surface area contributed by atoms with Crippen molar-refractivity contribution >= 4 is 83.5 Å². The van der Waals surface area contributed by atoms with Crippen molar-refractivity contribution in [1.82, 2.24) is 7.96 Å². The Bertz CT molecular complexity index is 2500. The molecule has 7 heteroatoms. The number of pyridine rings is 2. The van der Waals surface area contributed by atoms with E-state index in [2.05, 4.69) is 207 Å². The number of hydrogen-bond donors (Lipinski definition) is 0. The molecule has 0 bridgehead atoms. The summed E-state index contributed by atoms with van der Waals surface area (Å²) in [5.74, 6) is 0. The zero-order valence-corrected chi connectivity index (χ0v) is 32.7. The molecule has 0 aliphatic heterocycles. The Morgan fingerprint density at radius 2 is 0.887 bits per heavy atom. The smallest absolute Gasteiger partial charge is 0.0248 e. The Kier molecular flexibility index (Phi) is 9.21. The summed E-state index contributed by atoms with van der Waals surface area (Å²) in [5, 5.41) is 2.46. The molecule has 0 amide bonds. The second-order valence-corrected chi connectivity index (χ2v) is 15.1. The first kappa shape index (κ1) is 34.2. The van der Waals surface area contributed by atoms with Crippen molar-refractivity contribution in [2.45, 2.75) is 0 Å². The summed E-state index contributed by atoms with van der Waals surface area (Å²) >= 11 is -0.147. The van der Waals surface area contributed by atoms with Gasteiger partial charge in [-0.1, -0.05) is 0 Å². The molecule has 8 rings (SSSR count). The third kappa shape index (κ3) is 6.77. The standard InChI is InChI=1S/C46H42N6Se/c1-49(2)39-23-27-43-35(29-39)17-21-37(51(43)5)19-11-31-7-13-33(14-8-31)41-25-26-42(46-45(41)47-53-48-46)34-15-9-32(10-16-34)12-20-38-22-18-36-30-40(50(3)4)24-28-44(36)52(38)6/h7-30H,1-6H3/q+2. The van der Waals surface area contributed by atoms with Crippen LogP contribution in [0.2, 0.25) is 0 Å². The molecule has 0 N–H and O–H groups in total. The number of fused-ring (bicyclic) bond motifs is 3. The molecule has 0 atom stereocenters. The van der Waals surface area contributed by atoms with E-state index in [1.165, 1.54) is 33.2 Å². The molecule has 8 aromatic rings. The number of benzene rings is 5. The third-order valence-corrected chi connectivity index (χ3v) is 11.3. The fourth-order valence-corrected chi connectivity index (χ4v) is 8.15. The topological polar surface area (TPSA) is 40.0 Å². The van der Waals surface area contributed by atoms with Crippen LogP contribution in [0.15, 0.2) is 121 Å². The summed E-state index contributed by atoms with van der Waals surface area (Å²) < 4.78 is 14.3. The van der Waals surface area contributed by atoms with E-state index in [1.807, 2.05) is 0 Å². The van der Waals surface area contributed by atoms with Crippen molar-refractivity contribution in [3.05, 3.63) is 144 Å². The second kappa shape index (κ2) is 14.3. The van der Waals surface area contributed by atoms with E-state index >= 15 is 0 Å². The van der Waals surface area contributed by atoms with Gasteiger partial charge in [-0.05, 0) is 24.3 Å². The number of aryl methyl sites for hydroxylation is 2. The van der Waals surface area contributed by atoms with E-state index in [1.54, 1.807) is 0 Å². The van der Waals surface area contributed by atoms with Crippen LogP contribution in [-0.4, -0.2) is 51.1 Å². The predicted molar refractivity (Wildman–Crippen MR) is 224 cm³/mol. The van der Waals surface area contributed by atoms with E-state index in [4.69, 9.17) is 7.96 Å². The molecule has 6 nitrogen and oxygen atoms in total. The van der Waals surface area contributed by atoms with Crippen molar-refractivity contribution in [2.75, 3.05) is 38.0 Å².